The fourth-order valence-electron chi connectivity index (χ4n) is 4.93. The van der Waals surface area contributed by atoms with E-state index in [-0.39, 0.29) is 13.1 Å². The highest BCUT2D eigenvalue weighted by Crippen LogP contribution is 2.17. The van der Waals surface area contributed by atoms with E-state index in [1.54, 1.807) is 24.3 Å². The molecule has 3 unspecified atom stereocenters. The number of amides is 3. The molecule has 1 aromatic heterocycles. The zero-order valence-electron chi connectivity index (χ0n) is 24.5. The molecule has 0 saturated carbocycles. The van der Waals surface area contributed by atoms with Crippen molar-refractivity contribution in [2.45, 2.75) is 63.7 Å². The van der Waals surface area contributed by atoms with E-state index in [1.165, 1.54) is 23.6 Å². The molecule has 0 spiro atoms. The zero-order valence-corrected chi connectivity index (χ0v) is 24.5. The molecule has 3 aromatic rings. The van der Waals surface area contributed by atoms with Gasteiger partial charge in [0, 0.05) is 18.5 Å². The predicted molar refractivity (Wildman–Crippen MR) is 156 cm³/mol. The summed E-state index contributed by atoms with van der Waals surface area (Å²) in [4.78, 5) is 65.8. The standard InChI is InChI=1S/C30H35N7O7/c1-19(36-15-7-6-10-23(30(36)43)31-29(42)21-11-13-22(44-2)14-12-21)28(41)32-24(17-27(39)40)25(38)18-37-26(33-34-35-37)16-20-8-4-3-5-9-20/h3-5,8-9,11-14,19,23-24H,6-7,10,15-18H2,1-2H3,(H,31,42)(H,32,41)(H,39,40). The first-order valence-electron chi connectivity index (χ1n) is 14.3. The molecule has 4 rings (SSSR count). The van der Waals surface area contributed by atoms with E-state index in [2.05, 4.69) is 26.2 Å². The van der Waals surface area contributed by atoms with Gasteiger partial charge in [-0.15, -0.1) is 5.10 Å². The van der Waals surface area contributed by atoms with E-state index in [4.69, 9.17) is 4.74 Å². The average Bonchev–Trinajstić information content (AvgIpc) is 3.36. The molecule has 1 aliphatic rings. The number of ketones is 1. The second kappa shape index (κ2) is 14.8. The van der Waals surface area contributed by atoms with Crippen LogP contribution >= 0.6 is 0 Å². The van der Waals surface area contributed by atoms with Crippen LogP contribution in [0.1, 0.15) is 54.4 Å². The largest absolute Gasteiger partial charge is 0.497 e. The predicted octanol–water partition coefficient (Wildman–Crippen LogP) is 1.00. The second-order valence-corrected chi connectivity index (χ2v) is 10.5. The maximum Gasteiger partial charge on any atom is 0.305 e. The number of nitrogens with one attached hydrogen (secondary N) is 2. The van der Waals surface area contributed by atoms with Crippen LogP contribution in [0.2, 0.25) is 0 Å². The molecule has 2 aromatic carbocycles. The van der Waals surface area contributed by atoms with Gasteiger partial charge in [-0.1, -0.05) is 30.3 Å². The van der Waals surface area contributed by atoms with Gasteiger partial charge in [-0.3, -0.25) is 24.0 Å². The first-order chi connectivity index (χ1) is 21.2. The Morgan fingerprint density at radius 3 is 2.48 bits per heavy atom. The van der Waals surface area contributed by atoms with E-state index in [9.17, 15) is 29.1 Å². The third kappa shape index (κ3) is 8.24. The van der Waals surface area contributed by atoms with Crippen LogP contribution in [0, 0.1) is 0 Å². The summed E-state index contributed by atoms with van der Waals surface area (Å²) < 4.78 is 6.39. The van der Waals surface area contributed by atoms with Gasteiger partial charge in [-0.2, -0.15) is 0 Å². The topological polar surface area (TPSA) is 186 Å². The van der Waals surface area contributed by atoms with E-state index in [0.717, 1.165) is 5.56 Å². The maximum absolute atomic E-state index is 13.5. The van der Waals surface area contributed by atoms with Gasteiger partial charge >= 0.3 is 5.97 Å². The number of aliphatic carboxylic acids is 1. The van der Waals surface area contributed by atoms with Gasteiger partial charge in [0.15, 0.2) is 11.6 Å². The summed E-state index contributed by atoms with van der Waals surface area (Å²) in [5, 5.41) is 26.2. The van der Waals surface area contributed by atoms with Gasteiger partial charge in [-0.05, 0) is 66.4 Å². The van der Waals surface area contributed by atoms with Gasteiger partial charge < -0.3 is 25.4 Å². The van der Waals surface area contributed by atoms with Crippen LogP contribution < -0.4 is 15.4 Å². The molecule has 44 heavy (non-hydrogen) atoms. The summed E-state index contributed by atoms with van der Waals surface area (Å²) in [7, 11) is 1.52. The molecule has 2 heterocycles. The van der Waals surface area contributed by atoms with Gasteiger partial charge in [0.25, 0.3) is 5.91 Å². The Bertz CT molecular complexity index is 1480. The van der Waals surface area contributed by atoms with Crippen molar-refractivity contribution in [2.75, 3.05) is 13.7 Å². The Morgan fingerprint density at radius 1 is 1.07 bits per heavy atom. The molecule has 0 bridgehead atoms. The van der Waals surface area contributed by atoms with Crippen LogP contribution in [-0.2, 0) is 32.1 Å². The molecule has 0 radical (unpaired) electrons. The number of hydrogen-bond donors (Lipinski definition) is 3. The number of carbonyl (C=O) groups excluding carboxylic acids is 4. The molecule has 3 atom stereocenters. The number of nitrogens with zero attached hydrogens (tertiary/aromatic N) is 5. The molecule has 1 aliphatic heterocycles. The monoisotopic (exact) mass is 605 g/mol. The Hall–Kier alpha value is -5.14. The van der Waals surface area contributed by atoms with Crippen molar-refractivity contribution in [2.24, 2.45) is 0 Å². The smallest absolute Gasteiger partial charge is 0.305 e. The number of carbonyl (C=O) groups is 5. The molecular weight excluding hydrogens is 570 g/mol. The number of methoxy groups -OCH3 is 1. The second-order valence-electron chi connectivity index (χ2n) is 10.5. The highest BCUT2D eigenvalue weighted by molar-refractivity contribution is 5.99. The quantitative estimate of drug-likeness (QED) is 0.254. The van der Waals surface area contributed by atoms with Crippen molar-refractivity contribution in [1.82, 2.24) is 35.7 Å². The van der Waals surface area contributed by atoms with Crippen LogP contribution in [0.5, 0.6) is 5.75 Å². The normalized spacial score (nSPS) is 16.4. The molecule has 3 N–H and O–H groups in total. The summed E-state index contributed by atoms with van der Waals surface area (Å²) in [6.07, 6.45) is 1.31. The summed E-state index contributed by atoms with van der Waals surface area (Å²) in [5.41, 5.74) is 1.27. The van der Waals surface area contributed by atoms with E-state index in [0.29, 0.717) is 42.8 Å². The Morgan fingerprint density at radius 2 is 1.80 bits per heavy atom. The van der Waals surface area contributed by atoms with Crippen molar-refractivity contribution in [1.29, 1.82) is 0 Å². The number of ether oxygens (including phenoxy) is 1. The number of benzene rings is 2. The third-order valence-electron chi connectivity index (χ3n) is 7.43. The van der Waals surface area contributed by atoms with Gasteiger partial charge in [0.1, 0.15) is 24.4 Å². The fraction of sp³-hybridized carbons (Fsp3) is 0.400. The van der Waals surface area contributed by atoms with Gasteiger partial charge in [0.2, 0.25) is 11.8 Å². The van der Waals surface area contributed by atoms with Crippen molar-refractivity contribution in [3.05, 3.63) is 71.5 Å². The van der Waals surface area contributed by atoms with Crippen LogP contribution in [0.15, 0.2) is 54.6 Å². The van der Waals surface area contributed by atoms with Gasteiger partial charge in [-0.25, -0.2) is 4.68 Å². The molecule has 0 aliphatic carbocycles. The van der Waals surface area contributed by atoms with Crippen molar-refractivity contribution >= 4 is 29.5 Å². The van der Waals surface area contributed by atoms with Crippen molar-refractivity contribution in [3.8, 4) is 5.75 Å². The molecule has 232 valence electrons. The number of hydrogen-bond acceptors (Lipinski definition) is 9. The number of likely N-dealkylation sites (tertiary alicyclic amines) is 1. The molecule has 1 fully saturated rings. The van der Waals surface area contributed by atoms with Crippen LogP contribution in [0.3, 0.4) is 0 Å². The number of Topliss-reactive ketones (excluding diaryl/α,β-unsaturated/α-hetero) is 1. The number of aromatic nitrogens is 4. The van der Waals surface area contributed by atoms with Crippen molar-refractivity contribution < 1.29 is 33.8 Å². The highest BCUT2D eigenvalue weighted by Gasteiger charge is 2.35. The lowest BCUT2D eigenvalue weighted by Crippen LogP contribution is -2.56. The van der Waals surface area contributed by atoms with Crippen LogP contribution in [-0.4, -0.2) is 91.5 Å². The van der Waals surface area contributed by atoms with E-state index >= 15 is 0 Å². The molecule has 3 amide bonds. The molecule has 14 nitrogen and oxygen atoms in total. The lowest BCUT2D eigenvalue weighted by atomic mass is 10.1. The summed E-state index contributed by atoms with van der Waals surface area (Å²) in [6, 6.07) is 12.5. The van der Waals surface area contributed by atoms with E-state index < -0.39 is 54.0 Å². The first kappa shape index (κ1) is 31.8. The fourth-order valence-corrected chi connectivity index (χ4v) is 4.93. The Balaban J connectivity index is 1.41. The minimum atomic E-state index is -1.39. The first-order valence-corrected chi connectivity index (χ1v) is 14.3. The highest BCUT2D eigenvalue weighted by atomic mass is 16.5. The molecule has 1 saturated heterocycles. The SMILES string of the molecule is COc1ccc(C(=O)NC2CCCCN(C(C)C(=O)NC(CC(=O)O)C(=O)Cn3nnnc3Cc3ccccc3)C2=O)cc1. The summed E-state index contributed by atoms with van der Waals surface area (Å²) >= 11 is 0. The minimum Gasteiger partial charge on any atom is -0.497 e. The Labute approximate surface area is 253 Å². The number of rotatable bonds is 13. The summed E-state index contributed by atoms with van der Waals surface area (Å²) in [6.45, 7) is 1.40. The zero-order chi connectivity index (χ0) is 31.6. The number of carboxylic acids is 1. The van der Waals surface area contributed by atoms with Crippen molar-refractivity contribution in [3.63, 3.8) is 0 Å². The molecular formula is C30H35N7O7. The molecule has 14 heteroatoms. The van der Waals surface area contributed by atoms with Gasteiger partial charge in [0.05, 0.1) is 19.6 Å². The Kier molecular flexibility index (Phi) is 10.7. The number of carboxylic acid groups (broad SMARTS) is 1. The van der Waals surface area contributed by atoms with Crippen LogP contribution in [0.25, 0.3) is 0 Å². The lowest BCUT2D eigenvalue weighted by molar-refractivity contribution is -0.143. The number of tetrazole rings is 1. The third-order valence-corrected chi connectivity index (χ3v) is 7.43. The van der Waals surface area contributed by atoms with E-state index in [1.807, 2.05) is 30.3 Å². The maximum atomic E-state index is 13.5. The summed E-state index contributed by atoms with van der Waals surface area (Å²) in [5.74, 6) is -2.48. The average molecular weight is 606 g/mol. The lowest BCUT2D eigenvalue weighted by Gasteiger charge is -2.30. The van der Waals surface area contributed by atoms with Crippen LogP contribution in [0.4, 0.5) is 0 Å². The minimum absolute atomic E-state index is 0.257.